The van der Waals surface area contributed by atoms with Crippen molar-refractivity contribution in [2.24, 2.45) is 5.92 Å². The van der Waals surface area contributed by atoms with E-state index in [0.717, 1.165) is 11.7 Å². The maximum atomic E-state index is 4.54. The number of piperidine rings is 1. The molecule has 4 rings (SSSR count). The maximum absolute atomic E-state index is 4.54. The summed E-state index contributed by atoms with van der Waals surface area (Å²) in [5, 5.41) is 0. The highest BCUT2D eigenvalue weighted by atomic mass is 15.3. The quantitative estimate of drug-likeness (QED) is 0.805. The van der Waals surface area contributed by atoms with Crippen LogP contribution in [-0.4, -0.2) is 77.5 Å². The molecule has 0 amide bonds. The monoisotopic (exact) mass is 375 g/mol. The Morgan fingerprint density at radius 3 is 1.96 bits per heavy atom. The van der Waals surface area contributed by atoms with Crippen LogP contribution in [0.4, 0.5) is 0 Å². The molecule has 0 bridgehead atoms. The van der Waals surface area contributed by atoms with Crippen LogP contribution < -0.4 is 0 Å². The lowest BCUT2D eigenvalue weighted by molar-refractivity contribution is 0.0629. The second-order valence-electron chi connectivity index (χ2n) is 7.64. The lowest BCUT2D eigenvalue weighted by Crippen LogP contribution is -2.52. The summed E-state index contributed by atoms with van der Waals surface area (Å²) in [5.41, 5.74) is 0.168. The Labute approximate surface area is 167 Å². The number of likely N-dealkylation sites (tertiary alicyclic amines) is 1. The van der Waals surface area contributed by atoms with Gasteiger partial charge in [0, 0.05) is 45.1 Å². The summed E-state index contributed by atoms with van der Waals surface area (Å²) in [6, 6.07) is 1.92. The molecule has 1 saturated carbocycles. The molecule has 27 heavy (non-hydrogen) atoms. The van der Waals surface area contributed by atoms with E-state index < -0.39 is 0 Å². The highest BCUT2D eigenvalue weighted by Gasteiger charge is 2.52. The molecule has 3 fully saturated rings. The smallest absolute Gasteiger partial charge is 0.148 e. The molecule has 0 unspecified atom stereocenters. The van der Waals surface area contributed by atoms with Gasteiger partial charge in [-0.3, -0.25) is 4.90 Å². The van der Waals surface area contributed by atoms with E-state index in [9.17, 15) is 0 Å². The van der Waals surface area contributed by atoms with Crippen LogP contribution in [0.25, 0.3) is 0 Å². The molecular weight excluding hydrogens is 334 g/mol. The molecule has 0 spiro atoms. The first kappa shape index (κ1) is 22.3. The van der Waals surface area contributed by atoms with E-state index in [4.69, 9.17) is 0 Å². The zero-order chi connectivity index (χ0) is 19.7. The van der Waals surface area contributed by atoms with Crippen molar-refractivity contribution >= 4 is 0 Å². The van der Waals surface area contributed by atoms with Crippen LogP contribution in [0.3, 0.4) is 0 Å². The van der Waals surface area contributed by atoms with Crippen LogP contribution in [0, 0.1) is 5.92 Å². The lowest BCUT2D eigenvalue weighted by Gasteiger charge is -2.41. The zero-order valence-electron chi connectivity index (χ0n) is 18.3. The minimum atomic E-state index is 0.168. The van der Waals surface area contributed by atoms with E-state index in [1.807, 2.05) is 46.2 Å². The van der Waals surface area contributed by atoms with Crippen LogP contribution in [0.1, 0.15) is 59.2 Å². The van der Waals surface area contributed by atoms with Crippen LogP contribution in [-0.2, 0) is 5.54 Å². The molecule has 0 N–H and O–H groups in total. The molecule has 154 valence electrons. The Hall–Kier alpha value is -1.04. The number of hydrogen-bond donors (Lipinski definition) is 0. The fourth-order valence-electron chi connectivity index (χ4n) is 4.31. The largest absolute Gasteiger partial charge is 0.306 e. The van der Waals surface area contributed by atoms with Gasteiger partial charge in [0.15, 0.2) is 0 Å². The van der Waals surface area contributed by atoms with Crippen molar-refractivity contribution < 1.29 is 0 Å². The Balaban J connectivity index is 0.000000614. The molecule has 3 aliphatic rings. The SMILES string of the molecule is CC.CC.CN1CCC(CN2CCN(C3(c4ncccn4)CC3)CC2)CC1. The first-order valence-corrected chi connectivity index (χ1v) is 11.2. The predicted molar refractivity (Wildman–Crippen MR) is 114 cm³/mol. The number of hydrogen-bond acceptors (Lipinski definition) is 5. The van der Waals surface area contributed by atoms with Gasteiger partial charge in [0.1, 0.15) is 5.82 Å². The van der Waals surface area contributed by atoms with Crippen molar-refractivity contribution in [1.29, 1.82) is 0 Å². The Morgan fingerprint density at radius 1 is 0.889 bits per heavy atom. The van der Waals surface area contributed by atoms with Gasteiger partial charge >= 0.3 is 0 Å². The molecule has 1 aromatic rings. The summed E-state index contributed by atoms with van der Waals surface area (Å²) in [4.78, 5) is 16.9. The number of piperazine rings is 1. The third-order valence-electron chi connectivity index (χ3n) is 6.04. The van der Waals surface area contributed by atoms with Gasteiger partial charge in [-0.05, 0) is 57.8 Å². The summed E-state index contributed by atoms with van der Waals surface area (Å²) < 4.78 is 0. The molecule has 1 aliphatic carbocycles. The molecule has 0 atom stereocenters. The van der Waals surface area contributed by atoms with E-state index >= 15 is 0 Å². The van der Waals surface area contributed by atoms with Crippen LogP contribution in [0.15, 0.2) is 18.5 Å². The molecule has 1 aromatic heterocycles. The number of rotatable bonds is 4. The molecule has 5 nitrogen and oxygen atoms in total. The fraction of sp³-hybridized carbons (Fsp3) is 0.818. The van der Waals surface area contributed by atoms with Gasteiger partial charge in [0.2, 0.25) is 0 Å². The van der Waals surface area contributed by atoms with Crippen molar-refractivity contribution in [3.8, 4) is 0 Å². The molecule has 0 aromatic carbocycles. The molecule has 2 saturated heterocycles. The van der Waals surface area contributed by atoms with Crippen molar-refractivity contribution in [2.75, 3.05) is 52.9 Å². The van der Waals surface area contributed by atoms with E-state index in [0.29, 0.717) is 0 Å². The number of nitrogens with zero attached hydrogens (tertiary/aromatic N) is 5. The zero-order valence-corrected chi connectivity index (χ0v) is 18.3. The topological polar surface area (TPSA) is 35.5 Å². The second kappa shape index (κ2) is 11.1. The summed E-state index contributed by atoms with van der Waals surface area (Å²) in [7, 11) is 2.25. The van der Waals surface area contributed by atoms with E-state index in [2.05, 4.69) is 31.7 Å². The normalized spacial score (nSPS) is 23.6. The van der Waals surface area contributed by atoms with E-state index in [1.165, 1.54) is 71.5 Å². The first-order valence-electron chi connectivity index (χ1n) is 11.2. The van der Waals surface area contributed by atoms with E-state index in [1.54, 1.807) is 0 Å². The van der Waals surface area contributed by atoms with Gasteiger partial charge in [-0.15, -0.1) is 0 Å². The van der Waals surface area contributed by atoms with Gasteiger partial charge in [0.05, 0.1) is 5.54 Å². The maximum Gasteiger partial charge on any atom is 0.148 e. The van der Waals surface area contributed by atoms with Crippen molar-refractivity contribution in [1.82, 2.24) is 24.7 Å². The lowest BCUT2D eigenvalue weighted by atomic mass is 9.96. The Kier molecular flexibility index (Phi) is 9.13. The summed E-state index contributed by atoms with van der Waals surface area (Å²) in [6.45, 7) is 16.6. The predicted octanol–water partition coefficient (Wildman–Crippen LogP) is 3.48. The first-order chi connectivity index (χ1) is 13.3. The van der Waals surface area contributed by atoms with Crippen molar-refractivity contribution in [2.45, 2.75) is 58.9 Å². The molecule has 0 radical (unpaired) electrons. The highest BCUT2D eigenvalue weighted by molar-refractivity contribution is 5.17. The van der Waals surface area contributed by atoms with Gasteiger partial charge in [0.25, 0.3) is 0 Å². The van der Waals surface area contributed by atoms with Gasteiger partial charge in [-0.25, -0.2) is 9.97 Å². The minimum absolute atomic E-state index is 0.168. The van der Waals surface area contributed by atoms with Crippen molar-refractivity contribution in [3.63, 3.8) is 0 Å². The second-order valence-corrected chi connectivity index (χ2v) is 7.64. The average molecular weight is 376 g/mol. The van der Waals surface area contributed by atoms with E-state index in [-0.39, 0.29) is 5.54 Å². The van der Waals surface area contributed by atoms with Gasteiger partial charge < -0.3 is 9.80 Å². The van der Waals surface area contributed by atoms with Crippen LogP contribution in [0.5, 0.6) is 0 Å². The average Bonchev–Trinajstić information content (AvgIpc) is 3.56. The van der Waals surface area contributed by atoms with Crippen LogP contribution >= 0.6 is 0 Å². The molecular formula is C22H41N5. The summed E-state index contributed by atoms with van der Waals surface area (Å²) >= 11 is 0. The minimum Gasteiger partial charge on any atom is -0.306 e. The third-order valence-corrected chi connectivity index (χ3v) is 6.04. The third kappa shape index (κ3) is 5.72. The highest BCUT2D eigenvalue weighted by Crippen LogP contribution is 2.49. The fourth-order valence-corrected chi connectivity index (χ4v) is 4.31. The number of aromatic nitrogens is 2. The molecule has 5 heteroatoms. The molecule has 2 aliphatic heterocycles. The molecule has 3 heterocycles. The van der Waals surface area contributed by atoms with Crippen LogP contribution in [0.2, 0.25) is 0 Å². The van der Waals surface area contributed by atoms with Gasteiger partial charge in [-0.1, -0.05) is 27.7 Å². The Bertz CT molecular complexity index is 501. The summed E-state index contributed by atoms with van der Waals surface area (Å²) in [6.07, 6.45) is 8.98. The summed E-state index contributed by atoms with van der Waals surface area (Å²) in [5.74, 6) is 1.95. The Morgan fingerprint density at radius 2 is 1.44 bits per heavy atom. The van der Waals surface area contributed by atoms with Crippen molar-refractivity contribution in [3.05, 3.63) is 24.3 Å². The standard InChI is InChI=1S/C18H29N5.2C2H6/c1-21-9-3-16(4-10-21)15-22-11-13-23(14-12-22)18(5-6-18)17-19-7-2-8-20-17;2*1-2/h2,7-8,16H,3-6,9-15H2,1H3;2*1-2H3. The van der Waals surface area contributed by atoms with Gasteiger partial charge in [-0.2, -0.15) is 0 Å².